The van der Waals surface area contributed by atoms with E-state index in [1.807, 2.05) is 48.6 Å². The van der Waals surface area contributed by atoms with Crippen LogP contribution in [0, 0.1) is 25.2 Å². The third kappa shape index (κ3) is 2.83. The summed E-state index contributed by atoms with van der Waals surface area (Å²) in [7, 11) is 0. The fraction of sp³-hybridized carbons (Fsp3) is 0.188. The van der Waals surface area contributed by atoms with Crippen molar-refractivity contribution in [2.24, 2.45) is 0 Å². The molecule has 0 radical (unpaired) electrons. The molecule has 1 aromatic heterocycles. The maximum atomic E-state index is 12.1. The molecule has 0 aliphatic rings. The number of aromatic nitrogens is 2. The monoisotopic (exact) mass is 265 g/mol. The summed E-state index contributed by atoms with van der Waals surface area (Å²) in [5.41, 5.74) is 2.25. The molecule has 0 unspecified atom stereocenters. The number of hydrogen-bond donors (Lipinski definition) is 0. The molecule has 4 nitrogen and oxygen atoms in total. The van der Waals surface area contributed by atoms with E-state index < -0.39 is 0 Å². The first-order valence-electron chi connectivity index (χ1n) is 6.33. The molecule has 100 valence electrons. The maximum Gasteiger partial charge on any atom is 0.285 e. The number of nitriles is 1. The molecular formula is C16H15N3O. The van der Waals surface area contributed by atoms with E-state index in [2.05, 4.69) is 5.10 Å². The quantitative estimate of drug-likeness (QED) is 0.856. The number of aryl methyl sites for hydroxylation is 1. The van der Waals surface area contributed by atoms with Crippen molar-refractivity contribution >= 4 is 6.08 Å². The molecule has 0 bridgehead atoms. The predicted molar refractivity (Wildman–Crippen MR) is 78.2 cm³/mol. The lowest BCUT2D eigenvalue weighted by Crippen LogP contribution is -2.27. The Labute approximate surface area is 117 Å². The summed E-state index contributed by atoms with van der Waals surface area (Å²) in [5, 5.41) is 13.3. The van der Waals surface area contributed by atoms with Crippen LogP contribution >= 0.6 is 0 Å². The Balaban J connectivity index is 2.28. The van der Waals surface area contributed by atoms with Gasteiger partial charge in [-0.1, -0.05) is 42.5 Å². The van der Waals surface area contributed by atoms with Crippen molar-refractivity contribution in [2.45, 2.75) is 20.4 Å². The van der Waals surface area contributed by atoms with Crippen LogP contribution in [0.25, 0.3) is 6.08 Å². The molecule has 2 rings (SSSR count). The minimum atomic E-state index is -0.340. The van der Waals surface area contributed by atoms with Crippen molar-refractivity contribution < 1.29 is 0 Å². The van der Waals surface area contributed by atoms with Gasteiger partial charge in [-0.05, 0) is 25.0 Å². The average Bonchev–Trinajstić information content (AvgIpc) is 2.46. The Bertz CT molecular complexity index is 737. The van der Waals surface area contributed by atoms with Crippen LogP contribution in [-0.2, 0) is 6.54 Å². The van der Waals surface area contributed by atoms with Gasteiger partial charge in [-0.2, -0.15) is 10.4 Å². The Morgan fingerprint density at radius 1 is 1.30 bits per heavy atom. The van der Waals surface area contributed by atoms with E-state index in [-0.39, 0.29) is 11.1 Å². The van der Waals surface area contributed by atoms with Crippen molar-refractivity contribution in [1.29, 1.82) is 5.26 Å². The van der Waals surface area contributed by atoms with Crippen LogP contribution in [0.15, 0.2) is 41.2 Å². The van der Waals surface area contributed by atoms with Crippen LogP contribution in [0.4, 0.5) is 0 Å². The van der Waals surface area contributed by atoms with Gasteiger partial charge in [0.2, 0.25) is 0 Å². The largest absolute Gasteiger partial charge is 0.285 e. The van der Waals surface area contributed by atoms with E-state index in [0.717, 1.165) is 5.56 Å². The number of allylic oxidation sites excluding steroid dienone is 1. The Morgan fingerprint density at radius 2 is 2.00 bits per heavy atom. The molecule has 0 N–H and O–H groups in total. The van der Waals surface area contributed by atoms with Gasteiger partial charge in [-0.15, -0.1) is 0 Å². The normalized spacial score (nSPS) is 10.7. The molecular weight excluding hydrogens is 250 g/mol. The van der Waals surface area contributed by atoms with Crippen LogP contribution in [0.1, 0.15) is 22.4 Å². The second kappa shape index (κ2) is 5.98. The average molecular weight is 265 g/mol. The zero-order valence-corrected chi connectivity index (χ0v) is 11.5. The smallest absolute Gasteiger partial charge is 0.266 e. The molecule has 1 heterocycles. The summed E-state index contributed by atoms with van der Waals surface area (Å²) in [4.78, 5) is 12.1. The lowest BCUT2D eigenvalue weighted by atomic mass is 10.1. The van der Waals surface area contributed by atoms with Crippen molar-refractivity contribution in [3.05, 3.63) is 69.1 Å². The molecule has 2 aromatic rings. The van der Waals surface area contributed by atoms with Gasteiger partial charge >= 0.3 is 0 Å². The van der Waals surface area contributed by atoms with Crippen molar-refractivity contribution in [3.8, 4) is 6.07 Å². The lowest BCUT2D eigenvalue weighted by Gasteiger charge is -2.06. The summed E-state index contributed by atoms with van der Waals surface area (Å²) in [6.07, 6.45) is 3.79. The van der Waals surface area contributed by atoms with E-state index in [4.69, 9.17) is 5.26 Å². The number of rotatable bonds is 3. The van der Waals surface area contributed by atoms with Gasteiger partial charge < -0.3 is 0 Å². The highest BCUT2D eigenvalue weighted by Gasteiger charge is 2.10. The summed E-state index contributed by atoms with van der Waals surface area (Å²) < 4.78 is 1.32. The summed E-state index contributed by atoms with van der Waals surface area (Å²) in [6, 6.07) is 11.8. The highest BCUT2D eigenvalue weighted by molar-refractivity contribution is 5.48. The van der Waals surface area contributed by atoms with Gasteiger partial charge in [0.25, 0.3) is 5.56 Å². The van der Waals surface area contributed by atoms with E-state index in [1.165, 1.54) is 4.68 Å². The zero-order chi connectivity index (χ0) is 14.5. The minimum absolute atomic E-state index is 0.172. The van der Waals surface area contributed by atoms with E-state index in [1.54, 1.807) is 13.8 Å². The Morgan fingerprint density at radius 3 is 2.65 bits per heavy atom. The molecule has 0 atom stereocenters. The highest BCUT2D eigenvalue weighted by atomic mass is 16.1. The maximum absolute atomic E-state index is 12.1. The molecule has 0 spiro atoms. The van der Waals surface area contributed by atoms with Crippen molar-refractivity contribution in [3.63, 3.8) is 0 Å². The highest BCUT2D eigenvalue weighted by Crippen LogP contribution is 2.05. The SMILES string of the molecule is Cc1nn(CC=Cc2ccccc2)c(=O)c(C#N)c1C. The first kappa shape index (κ1) is 13.8. The third-order valence-corrected chi connectivity index (χ3v) is 3.14. The number of benzene rings is 1. The first-order chi connectivity index (χ1) is 9.63. The van der Waals surface area contributed by atoms with Gasteiger partial charge in [-0.25, -0.2) is 4.68 Å². The van der Waals surface area contributed by atoms with Gasteiger partial charge in [-0.3, -0.25) is 4.79 Å². The molecule has 4 heteroatoms. The molecule has 0 aliphatic carbocycles. The molecule has 1 aromatic carbocycles. The molecule has 0 saturated heterocycles. The van der Waals surface area contributed by atoms with Crippen LogP contribution in [0.5, 0.6) is 0 Å². The topological polar surface area (TPSA) is 58.7 Å². The summed E-state index contributed by atoms with van der Waals surface area (Å²) in [6.45, 7) is 3.89. The molecule has 0 aliphatic heterocycles. The van der Waals surface area contributed by atoms with E-state index >= 15 is 0 Å². The van der Waals surface area contributed by atoms with Crippen LogP contribution < -0.4 is 5.56 Å². The van der Waals surface area contributed by atoms with Crippen LogP contribution in [0.2, 0.25) is 0 Å². The Hall–Kier alpha value is -2.67. The zero-order valence-electron chi connectivity index (χ0n) is 11.5. The van der Waals surface area contributed by atoms with Crippen molar-refractivity contribution in [1.82, 2.24) is 9.78 Å². The van der Waals surface area contributed by atoms with Crippen LogP contribution in [-0.4, -0.2) is 9.78 Å². The fourth-order valence-electron chi connectivity index (χ4n) is 1.88. The predicted octanol–water partition coefficient (Wildman–Crippen LogP) is 2.45. The van der Waals surface area contributed by atoms with E-state index in [0.29, 0.717) is 17.8 Å². The Kier molecular flexibility index (Phi) is 4.11. The molecule has 20 heavy (non-hydrogen) atoms. The first-order valence-corrected chi connectivity index (χ1v) is 6.33. The molecule has 0 amide bonds. The number of nitrogens with zero attached hydrogens (tertiary/aromatic N) is 3. The summed E-state index contributed by atoms with van der Waals surface area (Å²) in [5.74, 6) is 0. The van der Waals surface area contributed by atoms with E-state index in [9.17, 15) is 4.79 Å². The second-order valence-electron chi connectivity index (χ2n) is 4.50. The summed E-state index contributed by atoms with van der Waals surface area (Å²) >= 11 is 0. The van der Waals surface area contributed by atoms with Gasteiger partial charge in [0.05, 0.1) is 12.2 Å². The minimum Gasteiger partial charge on any atom is -0.266 e. The van der Waals surface area contributed by atoms with Crippen molar-refractivity contribution in [2.75, 3.05) is 0 Å². The lowest BCUT2D eigenvalue weighted by molar-refractivity contribution is 0.635. The third-order valence-electron chi connectivity index (χ3n) is 3.14. The standard InChI is InChI=1S/C16H15N3O/c1-12-13(2)18-19(16(20)15(12)11-17)10-6-9-14-7-4-3-5-8-14/h3-9H,10H2,1-2H3. The fourth-order valence-corrected chi connectivity index (χ4v) is 1.88. The van der Waals surface area contributed by atoms with Crippen LogP contribution in [0.3, 0.4) is 0 Å². The molecule has 0 saturated carbocycles. The van der Waals surface area contributed by atoms with Gasteiger partial charge in [0, 0.05) is 0 Å². The van der Waals surface area contributed by atoms with Gasteiger partial charge in [0.15, 0.2) is 0 Å². The number of hydrogen-bond acceptors (Lipinski definition) is 3. The van der Waals surface area contributed by atoms with Gasteiger partial charge in [0.1, 0.15) is 11.6 Å². The molecule has 0 fully saturated rings. The second-order valence-corrected chi connectivity index (χ2v) is 4.50.